The quantitative estimate of drug-likeness (QED) is 0.0752. The van der Waals surface area contributed by atoms with Gasteiger partial charge >= 0.3 is 5.97 Å². The molecule has 0 fully saturated rings. The summed E-state index contributed by atoms with van der Waals surface area (Å²) in [4.78, 5) is 38.5. The highest BCUT2D eigenvalue weighted by Crippen LogP contribution is 2.36. The van der Waals surface area contributed by atoms with Gasteiger partial charge < -0.3 is 14.8 Å². The highest BCUT2D eigenvalue weighted by molar-refractivity contribution is 7.21. The molecule has 10 heteroatoms. The maximum Gasteiger partial charge on any atom is 0.343 e. The first-order chi connectivity index (χ1) is 21.2. The number of fused-ring (bicyclic) bond motifs is 1. The van der Waals surface area contributed by atoms with Gasteiger partial charge in [-0.05, 0) is 92.6 Å². The van der Waals surface area contributed by atoms with Gasteiger partial charge in [-0.3, -0.25) is 9.59 Å². The largest absolute Gasteiger partial charge is 0.490 e. The summed E-state index contributed by atoms with van der Waals surface area (Å²) in [7, 11) is 0. The monoisotopic (exact) mass is 625 g/mol. The predicted molar refractivity (Wildman–Crippen MR) is 175 cm³/mol. The Bertz CT molecular complexity index is 1880. The minimum atomic E-state index is -0.496. The molecule has 0 atom stereocenters. The lowest BCUT2D eigenvalue weighted by Gasteiger charge is -2.11. The Kier molecular flexibility index (Phi) is 9.38. The molecule has 8 nitrogen and oxygen atoms in total. The summed E-state index contributed by atoms with van der Waals surface area (Å²) in [6.45, 7) is 6.11. The Morgan fingerprint density at radius 2 is 1.55 bits per heavy atom. The highest BCUT2D eigenvalue weighted by atomic mass is 35.5. The van der Waals surface area contributed by atoms with Gasteiger partial charge in [0, 0.05) is 21.3 Å². The van der Waals surface area contributed by atoms with Crippen LogP contribution in [0.15, 0.2) is 90.0 Å². The van der Waals surface area contributed by atoms with Crippen molar-refractivity contribution in [1.29, 1.82) is 0 Å². The second-order valence-corrected chi connectivity index (χ2v) is 11.3. The van der Waals surface area contributed by atoms with E-state index in [4.69, 9.17) is 21.1 Å². The molecule has 1 aromatic heterocycles. The minimum Gasteiger partial charge on any atom is -0.490 e. The molecule has 222 valence electrons. The number of thiophene rings is 1. The standard InChI is InChI=1S/C34H28ClN3O5S/c1-4-42-28-18-22(8-16-27(28)43-34(41)24-9-5-20(2)6-10-24)19-36-38-32(39)23-11-13-25(14-12-23)37-33(40)31-30(35)26-15-7-21(3)17-29(26)44-31/h5-19H,4H2,1-3H3,(H,37,40)(H,38,39)/b36-19-. The average molecular weight is 626 g/mol. The van der Waals surface area contributed by atoms with Gasteiger partial charge in [-0.15, -0.1) is 11.3 Å². The molecule has 0 aliphatic heterocycles. The van der Waals surface area contributed by atoms with Crippen LogP contribution in [0.2, 0.25) is 5.02 Å². The van der Waals surface area contributed by atoms with E-state index in [0.29, 0.717) is 44.6 Å². The van der Waals surface area contributed by atoms with Crippen molar-refractivity contribution in [2.45, 2.75) is 20.8 Å². The third-order valence-corrected chi connectivity index (χ3v) is 8.19. The molecule has 0 unspecified atom stereocenters. The lowest BCUT2D eigenvalue weighted by atomic mass is 10.1. The SMILES string of the molecule is CCOc1cc(/C=N\NC(=O)c2ccc(NC(=O)c3sc4cc(C)ccc4c3Cl)cc2)ccc1OC(=O)c1ccc(C)cc1. The number of amides is 2. The van der Waals surface area contributed by atoms with Crippen LogP contribution in [0, 0.1) is 13.8 Å². The topological polar surface area (TPSA) is 106 Å². The van der Waals surface area contributed by atoms with Crippen LogP contribution in [0.3, 0.4) is 0 Å². The van der Waals surface area contributed by atoms with Gasteiger partial charge in [0.2, 0.25) is 0 Å². The fraction of sp³-hybridized carbons (Fsp3) is 0.118. The molecule has 1 heterocycles. The fourth-order valence-corrected chi connectivity index (χ4v) is 5.76. The van der Waals surface area contributed by atoms with Crippen molar-refractivity contribution in [2.24, 2.45) is 5.10 Å². The molecule has 0 saturated carbocycles. The fourth-order valence-electron chi connectivity index (χ4n) is 4.25. The number of rotatable bonds is 9. The average Bonchev–Trinajstić information content (AvgIpc) is 3.34. The summed E-state index contributed by atoms with van der Waals surface area (Å²) < 4.78 is 12.2. The third kappa shape index (κ3) is 7.14. The van der Waals surface area contributed by atoms with E-state index >= 15 is 0 Å². The van der Waals surface area contributed by atoms with E-state index < -0.39 is 11.9 Å². The van der Waals surface area contributed by atoms with Gasteiger partial charge in [0.15, 0.2) is 11.5 Å². The summed E-state index contributed by atoms with van der Waals surface area (Å²) in [6.07, 6.45) is 1.46. The first-order valence-electron chi connectivity index (χ1n) is 13.7. The van der Waals surface area contributed by atoms with Gasteiger partial charge in [0.25, 0.3) is 11.8 Å². The number of hydrazone groups is 1. The van der Waals surface area contributed by atoms with Gasteiger partial charge in [-0.1, -0.05) is 41.4 Å². The lowest BCUT2D eigenvalue weighted by Crippen LogP contribution is -2.17. The summed E-state index contributed by atoms with van der Waals surface area (Å²) in [5, 5.41) is 8.13. The van der Waals surface area contributed by atoms with Crippen molar-refractivity contribution >= 4 is 62.7 Å². The maximum absolute atomic E-state index is 12.9. The number of halogens is 1. The van der Waals surface area contributed by atoms with Crippen molar-refractivity contribution in [3.8, 4) is 11.5 Å². The number of benzene rings is 4. The van der Waals surface area contributed by atoms with Gasteiger partial charge in [-0.25, -0.2) is 10.2 Å². The molecule has 0 radical (unpaired) electrons. The number of esters is 1. The number of ether oxygens (including phenoxy) is 2. The van der Waals surface area contributed by atoms with Crippen LogP contribution >= 0.6 is 22.9 Å². The summed E-state index contributed by atoms with van der Waals surface area (Å²) in [5.74, 6) is -0.610. The Balaban J connectivity index is 1.19. The van der Waals surface area contributed by atoms with E-state index in [9.17, 15) is 14.4 Å². The molecular formula is C34H28ClN3O5S. The van der Waals surface area contributed by atoms with Gasteiger partial charge in [0.05, 0.1) is 23.4 Å². The molecule has 4 aromatic carbocycles. The van der Waals surface area contributed by atoms with Crippen molar-refractivity contribution in [1.82, 2.24) is 5.43 Å². The molecule has 2 N–H and O–H groups in total. The Morgan fingerprint density at radius 3 is 2.27 bits per heavy atom. The molecule has 0 bridgehead atoms. The first kappa shape index (κ1) is 30.5. The van der Waals surface area contributed by atoms with Crippen LogP contribution in [0.4, 0.5) is 5.69 Å². The normalized spacial score (nSPS) is 11.0. The van der Waals surface area contributed by atoms with E-state index in [0.717, 1.165) is 21.2 Å². The second kappa shape index (κ2) is 13.5. The van der Waals surface area contributed by atoms with E-state index in [1.165, 1.54) is 17.6 Å². The molecule has 44 heavy (non-hydrogen) atoms. The van der Waals surface area contributed by atoms with Crippen molar-refractivity contribution < 1.29 is 23.9 Å². The number of hydrogen-bond donors (Lipinski definition) is 2. The van der Waals surface area contributed by atoms with Crippen LogP contribution in [-0.2, 0) is 0 Å². The van der Waals surface area contributed by atoms with E-state index in [1.807, 2.05) is 51.1 Å². The Hall–Kier alpha value is -4.99. The number of hydrogen-bond acceptors (Lipinski definition) is 7. The molecular weight excluding hydrogens is 598 g/mol. The van der Waals surface area contributed by atoms with Crippen molar-refractivity contribution in [3.05, 3.63) is 123 Å². The van der Waals surface area contributed by atoms with E-state index in [2.05, 4.69) is 15.8 Å². The summed E-state index contributed by atoms with van der Waals surface area (Å²) in [5.41, 5.74) is 6.53. The molecule has 0 spiro atoms. The molecule has 0 aliphatic rings. The Labute approximate surface area is 263 Å². The molecule has 0 aliphatic carbocycles. The predicted octanol–water partition coefficient (Wildman–Crippen LogP) is 7.81. The number of nitrogens with zero attached hydrogens (tertiary/aromatic N) is 1. The summed E-state index contributed by atoms with van der Waals surface area (Å²) in [6, 6.07) is 24.3. The first-order valence-corrected chi connectivity index (χ1v) is 14.9. The number of aryl methyl sites for hydroxylation is 2. The zero-order valence-electron chi connectivity index (χ0n) is 24.1. The van der Waals surface area contributed by atoms with E-state index in [1.54, 1.807) is 54.6 Å². The molecule has 5 aromatic rings. The number of carbonyl (C=O) groups excluding carboxylic acids is 3. The van der Waals surface area contributed by atoms with Crippen LogP contribution in [0.5, 0.6) is 11.5 Å². The molecule has 5 rings (SSSR count). The van der Waals surface area contributed by atoms with Crippen LogP contribution in [0.1, 0.15) is 54.0 Å². The van der Waals surface area contributed by atoms with Crippen LogP contribution in [-0.4, -0.2) is 30.6 Å². The number of carbonyl (C=O) groups is 3. The maximum atomic E-state index is 12.9. The molecule has 2 amide bonds. The smallest absolute Gasteiger partial charge is 0.343 e. The number of anilines is 1. The Morgan fingerprint density at radius 1 is 0.841 bits per heavy atom. The van der Waals surface area contributed by atoms with Gasteiger partial charge in [0.1, 0.15) is 4.88 Å². The highest BCUT2D eigenvalue weighted by Gasteiger charge is 2.18. The minimum absolute atomic E-state index is 0.274. The zero-order valence-corrected chi connectivity index (χ0v) is 25.7. The number of nitrogens with one attached hydrogen (secondary N) is 2. The van der Waals surface area contributed by atoms with Crippen molar-refractivity contribution in [2.75, 3.05) is 11.9 Å². The second-order valence-electron chi connectivity index (χ2n) is 9.87. The zero-order chi connectivity index (χ0) is 31.2. The van der Waals surface area contributed by atoms with Crippen LogP contribution in [0.25, 0.3) is 10.1 Å². The van der Waals surface area contributed by atoms with Crippen LogP contribution < -0.4 is 20.2 Å². The molecule has 0 saturated heterocycles. The van der Waals surface area contributed by atoms with E-state index in [-0.39, 0.29) is 11.7 Å². The summed E-state index contributed by atoms with van der Waals surface area (Å²) >= 11 is 7.80. The van der Waals surface area contributed by atoms with Crippen molar-refractivity contribution in [3.63, 3.8) is 0 Å². The third-order valence-electron chi connectivity index (χ3n) is 6.53. The lowest BCUT2D eigenvalue weighted by molar-refractivity contribution is 0.0728. The van der Waals surface area contributed by atoms with Gasteiger partial charge in [-0.2, -0.15) is 5.10 Å².